The van der Waals surface area contributed by atoms with Gasteiger partial charge in [0.05, 0.1) is 11.6 Å². The third-order valence-corrected chi connectivity index (χ3v) is 6.43. The molecule has 2 aliphatic rings. The number of benzene rings is 1. The van der Waals surface area contributed by atoms with Crippen molar-refractivity contribution in [1.82, 2.24) is 14.9 Å². The maximum atomic E-state index is 13.2. The van der Waals surface area contributed by atoms with Crippen molar-refractivity contribution in [3.05, 3.63) is 53.5 Å². The molecule has 2 aliphatic heterocycles. The summed E-state index contributed by atoms with van der Waals surface area (Å²) in [6.45, 7) is 4.71. The zero-order valence-electron chi connectivity index (χ0n) is 19.3. The first kappa shape index (κ1) is 25.9. The molecule has 1 aromatic carbocycles. The van der Waals surface area contributed by atoms with Crippen LogP contribution in [0.3, 0.4) is 0 Å². The Hall–Kier alpha value is -3.68. The van der Waals surface area contributed by atoms with Crippen molar-refractivity contribution in [2.75, 3.05) is 24.5 Å². The van der Waals surface area contributed by atoms with Gasteiger partial charge in [-0.2, -0.15) is 18.4 Å². The summed E-state index contributed by atoms with van der Waals surface area (Å²) in [5.41, 5.74) is 2.28. The van der Waals surface area contributed by atoms with Crippen molar-refractivity contribution in [2.24, 2.45) is 0 Å². The number of carbonyl (C=O) groups excluding carboxylic acids is 1. The molecule has 1 N–H and O–H groups in total. The van der Waals surface area contributed by atoms with E-state index in [2.05, 4.69) is 25.8 Å². The zero-order valence-corrected chi connectivity index (χ0v) is 19.3. The number of alkyl halides is 3. The quantitative estimate of drug-likeness (QED) is 0.680. The second-order valence-electron chi connectivity index (χ2n) is 8.65. The molecule has 186 valence electrons. The number of carboxylic acid groups (broad SMARTS) is 1. The van der Waals surface area contributed by atoms with E-state index in [4.69, 9.17) is 15.2 Å². The molecule has 35 heavy (non-hydrogen) atoms. The molecule has 2 saturated heterocycles. The normalized spacial score (nSPS) is 20.0. The second kappa shape index (κ2) is 10.7. The maximum absolute atomic E-state index is 13.2. The molecule has 0 bridgehead atoms. The van der Waals surface area contributed by atoms with Crippen LogP contribution in [0.4, 0.5) is 19.0 Å². The van der Waals surface area contributed by atoms with E-state index >= 15 is 0 Å². The van der Waals surface area contributed by atoms with E-state index in [1.165, 1.54) is 0 Å². The number of aromatic nitrogens is 2. The predicted octanol–water partition coefficient (Wildman–Crippen LogP) is 3.96. The zero-order chi connectivity index (χ0) is 25.6. The first-order chi connectivity index (χ1) is 16.6. The molecule has 1 amide bonds. The van der Waals surface area contributed by atoms with Gasteiger partial charge in [0.2, 0.25) is 0 Å². The van der Waals surface area contributed by atoms with Gasteiger partial charge in [-0.05, 0) is 63.3 Å². The Bertz CT molecular complexity index is 1100. The molecule has 3 heterocycles. The molecule has 0 radical (unpaired) electrons. The number of nitrogens with zero attached hydrogens (tertiary/aromatic N) is 5. The number of nitriles is 1. The van der Waals surface area contributed by atoms with E-state index in [0.717, 1.165) is 63.1 Å². The Balaban J connectivity index is 0.000000429. The monoisotopic (exact) mass is 489 g/mol. The SMILES string of the molecule is Cc1cncnc1N1CCCC2(CCCN2C(=O)c2ccc(C#N)cc2)CC1.O=C(O)C(F)(F)F. The molecule has 4 rings (SSSR count). The first-order valence-corrected chi connectivity index (χ1v) is 11.2. The van der Waals surface area contributed by atoms with Crippen molar-refractivity contribution in [1.29, 1.82) is 5.26 Å². The van der Waals surface area contributed by atoms with Crippen LogP contribution in [0.5, 0.6) is 0 Å². The van der Waals surface area contributed by atoms with Gasteiger partial charge in [-0.25, -0.2) is 14.8 Å². The van der Waals surface area contributed by atoms with Gasteiger partial charge in [0, 0.05) is 42.5 Å². The van der Waals surface area contributed by atoms with E-state index in [0.29, 0.717) is 11.1 Å². The highest BCUT2D eigenvalue weighted by atomic mass is 19.4. The number of hydrogen-bond donors (Lipinski definition) is 1. The van der Waals surface area contributed by atoms with Crippen LogP contribution in [0.1, 0.15) is 53.6 Å². The first-order valence-electron chi connectivity index (χ1n) is 11.2. The van der Waals surface area contributed by atoms with Gasteiger partial charge in [0.25, 0.3) is 5.91 Å². The molecule has 1 atom stereocenters. The number of hydrogen-bond acceptors (Lipinski definition) is 6. The van der Waals surface area contributed by atoms with Gasteiger partial charge in [-0.1, -0.05) is 0 Å². The highest BCUT2D eigenvalue weighted by molar-refractivity contribution is 5.95. The summed E-state index contributed by atoms with van der Waals surface area (Å²) in [5, 5.41) is 16.1. The highest BCUT2D eigenvalue weighted by Gasteiger charge is 2.44. The van der Waals surface area contributed by atoms with Gasteiger partial charge >= 0.3 is 12.1 Å². The molecule has 11 heteroatoms. The number of rotatable bonds is 2. The van der Waals surface area contributed by atoms with Gasteiger partial charge in [0.15, 0.2) is 0 Å². The number of carboxylic acids is 1. The number of likely N-dealkylation sites (tertiary alicyclic amines) is 1. The van der Waals surface area contributed by atoms with Crippen LogP contribution in [-0.4, -0.2) is 63.2 Å². The van der Waals surface area contributed by atoms with Crippen molar-refractivity contribution in [3.8, 4) is 6.07 Å². The molecule has 1 aromatic heterocycles. The summed E-state index contributed by atoms with van der Waals surface area (Å²) in [4.78, 5) is 35.2. The van der Waals surface area contributed by atoms with Crippen LogP contribution in [0, 0.1) is 18.3 Å². The largest absolute Gasteiger partial charge is 0.490 e. The molecule has 8 nitrogen and oxygen atoms in total. The Labute approximate surface area is 201 Å². The standard InChI is InChI=1S/C22H25N5O.C2HF3O2/c1-17-15-24-16-25-20(17)26-11-2-8-22(10-13-26)9-3-12-27(22)21(28)19-6-4-18(14-23)5-7-19;3-2(4,5)1(6)7/h4-7,15-16H,2-3,8-13H2,1H3;(H,6,7). The summed E-state index contributed by atoms with van der Waals surface area (Å²) < 4.78 is 31.7. The summed E-state index contributed by atoms with van der Waals surface area (Å²) in [5.74, 6) is -1.66. The second-order valence-corrected chi connectivity index (χ2v) is 8.65. The molecular weight excluding hydrogens is 463 g/mol. The average molecular weight is 489 g/mol. The molecule has 2 aromatic rings. The van der Waals surface area contributed by atoms with E-state index in [1.807, 2.05) is 13.1 Å². The highest BCUT2D eigenvalue weighted by Crippen LogP contribution is 2.40. The lowest BCUT2D eigenvalue weighted by atomic mass is 9.87. The molecular formula is C24H26F3N5O3. The van der Waals surface area contributed by atoms with Gasteiger partial charge in [0.1, 0.15) is 12.1 Å². The average Bonchev–Trinajstić information content (AvgIpc) is 3.12. The van der Waals surface area contributed by atoms with Gasteiger partial charge < -0.3 is 14.9 Å². The predicted molar refractivity (Wildman–Crippen MR) is 121 cm³/mol. The summed E-state index contributed by atoms with van der Waals surface area (Å²) >= 11 is 0. The fourth-order valence-electron chi connectivity index (χ4n) is 4.73. The molecule has 1 spiro atoms. The van der Waals surface area contributed by atoms with E-state index < -0.39 is 12.1 Å². The minimum atomic E-state index is -5.08. The van der Waals surface area contributed by atoms with E-state index in [-0.39, 0.29) is 11.4 Å². The third-order valence-electron chi connectivity index (χ3n) is 6.43. The van der Waals surface area contributed by atoms with Crippen LogP contribution in [-0.2, 0) is 4.79 Å². The topological polar surface area (TPSA) is 110 Å². The van der Waals surface area contributed by atoms with Gasteiger partial charge in [-0.3, -0.25) is 4.79 Å². The Morgan fingerprint density at radius 3 is 2.29 bits per heavy atom. The van der Waals surface area contributed by atoms with Crippen LogP contribution in [0.2, 0.25) is 0 Å². The summed E-state index contributed by atoms with van der Waals surface area (Å²) in [6.07, 6.45) is 3.52. The number of carbonyl (C=O) groups is 2. The van der Waals surface area contributed by atoms with E-state index in [1.54, 1.807) is 30.6 Å². The van der Waals surface area contributed by atoms with Crippen LogP contribution in [0.15, 0.2) is 36.8 Å². The van der Waals surface area contributed by atoms with Crippen molar-refractivity contribution < 1.29 is 27.9 Å². The number of aliphatic carboxylic acids is 1. The van der Waals surface area contributed by atoms with Crippen molar-refractivity contribution >= 4 is 17.7 Å². The fraction of sp³-hybridized carbons (Fsp3) is 0.458. The number of aryl methyl sites for hydroxylation is 1. The van der Waals surface area contributed by atoms with Crippen molar-refractivity contribution in [2.45, 2.75) is 50.7 Å². The lowest BCUT2D eigenvalue weighted by Crippen LogP contribution is -2.48. The lowest BCUT2D eigenvalue weighted by molar-refractivity contribution is -0.192. The van der Waals surface area contributed by atoms with E-state index in [9.17, 15) is 18.0 Å². The third kappa shape index (κ3) is 6.07. The van der Waals surface area contributed by atoms with Crippen LogP contribution < -0.4 is 4.90 Å². The Morgan fingerprint density at radius 2 is 1.71 bits per heavy atom. The van der Waals surface area contributed by atoms with Gasteiger partial charge in [-0.15, -0.1) is 0 Å². The number of halogens is 3. The Morgan fingerprint density at radius 1 is 1.09 bits per heavy atom. The smallest absolute Gasteiger partial charge is 0.475 e. The van der Waals surface area contributed by atoms with Crippen LogP contribution >= 0.6 is 0 Å². The molecule has 1 unspecified atom stereocenters. The van der Waals surface area contributed by atoms with Crippen molar-refractivity contribution in [3.63, 3.8) is 0 Å². The summed E-state index contributed by atoms with van der Waals surface area (Å²) in [6, 6.07) is 9.12. The molecule has 0 saturated carbocycles. The number of amides is 1. The minimum Gasteiger partial charge on any atom is -0.475 e. The lowest BCUT2D eigenvalue weighted by Gasteiger charge is -2.38. The minimum absolute atomic E-state index is 0.0688. The number of anilines is 1. The Kier molecular flexibility index (Phi) is 7.94. The molecule has 0 aliphatic carbocycles. The summed E-state index contributed by atoms with van der Waals surface area (Å²) in [7, 11) is 0. The molecule has 2 fully saturated rings. The van der Waals surface area contributed by atoms with Crippen LogP contribution in [0.25, 0.3) is 0 Å². The maximum Gasteiger partial charge on any atom is 0.490 e. The fourth-order valence-corrected chi connectivity index (χ4v) is 4.73.